The average Bonchev–Trinajstić information content (AvgIpc) is 2.81. The Morgan fingerprint density at radius 1 is 1.56 bits per heavy atom. The molecule has 7 heteroatoms. The highest BCUT2D eigenvalue weighted by Gasteiger charge is 2.35. The van der Waals surface area contributed by atoms with E-state index in [0.717, 1.165) is 11.4 Å². The Labute approximate surface area is 112 Å². The molecule has 5 nitrogen and oxygen atoms in total. The second-order valence-electron chi connectivity index (χ2n) is 4.50. The molecule has 0 aromatic carbocycles. The van der Waals surface area contributed by atoms with Crippen LogP contribution >= 0.6 is 11.8 Å². The summed E-state index contributed by atoms with van der Waals surface area (Å²) >= 11 is 1.82. The summed E-state index contributed by atoms with van der Waals surface area (Å²) in [5.41, 5.74) is 6.23. The zero-order chi connectivity index (χ0) is 13.3. The molecule has 0 radical (unpaired) electrons. The molecule has 3 N–H and O–H groups in total. The average molecular weight is 289 g/mol. The minimum absolute atomic E-state index is 0.0185. The molecule has 0 spiro atoms. The van der Waals surface area contributed by atoms with Crippen molar-refractivity contribution < 1.29 is 8.42 Å². The van der Waals surface area contributed by atoms with Crippen LogP contribution in [0.5, 0.6) is 0 Å². The summed E-state index contributed by atoms with van der Waals surface area (Å²) in [6.07, 6.45) is 1.52. The maximum Gasteiger partial charge on any atom is 0.244 e. The highest BCUT2D eigenvalue weighted by molar-refractivity contribution is 8.00. The molecule has 1 aliphatic rings. The standard InChI is InChI=1S/C11H19N3O2S2/c1-8-9(2)17-4-3-14(8)18(15,16)11-5-10(6-12)13-7-11/h5,7-9,13H,3-4,6,12H2,1-2H3. The first-order valence-corrected chi connectivity index (χ1v) is 8.46. The van der Waals surface area contributed by atoms with Crippen LogP contribution in [0, 0.1) is 0 Å². The summed E-state index contributed by atoms with van der Waals surface area (Å²) < 4.78 is 26.7. The molecule has 2 atom stereocenters. The summed E-state index contributed by atoms with van der Waals surface area (Å²) in [4.78, 5) is 3.20. The summed E-state index contributed by atoms with van der Waals surface area (Å²) in [7, 11) is -3.40. The Bertz CT molecular complexity index is 512. The van der Waals surface area contributed by atoms with Gasteiger partial charge in [-0.2, -0.15) is 16.1 Å². The molecule has 0 saturated carbocycles. The first-order valence-electron chi connectivity index (χ1n) is 5.97. The van der Waals surface area contributed by atoms with Crippen molar-refractivity contribution in [3.05, 3.63) is 18.0 Å². The van der Waals surface area contributed by atoms with E-state index in [-0.39, 0.29) is 6.04 Å². The minimum Gasteiger partial charge on any atom is -0.363 e. The van der Waals surface area contributed by atoms with Crippen molar-refractivity contribution in [2.24, 2.45) is 5.73 Å². The molecule has 2 unspecified atom stereocenters. The summed E-state index contributed by atoms with van der Waals surface area (Å²) in [6, 6.07) is 1.64. The highest BCUT2D eigenvalue weighted by Crippen LogP contribution is 2.29. The smallest absolute Gasteiger partial charge is 0.244 e. The van der Waals surface area contributed by atoms with E-state index in [4.69, 9.17) is 5.73 Å². The Morgan fingerprint density at radius 2 is 2.28 bits per heavy atom. The van der Waals surface area contributed by atoms with Crippen LogP contribution in [0.2, 0.25) is 0 Å². The maximum atomic E-state index is 12.5. The predicted molar refractivity (Wildman–Crippen MR) is 74.0 cm³/mol. The first kappa shape index (κ1) is 13.9. The van der Waals surface area contributed by atoms with Crippen molar-refractivity contribution in [1.29, 1.82) is 0 Å². The third-order valence-corrected chi connectivity index (χ3v) is 6.67. The molecule has 0 amide bonds. The normalized spacial score (nSPS) is 26.4. The van der Waals surface area contributed by atoms with Crippen molar-refractivity contribution >= 4 is 21.8 Å². The molecular weight excluding hydrogens is 270 g/mol. The van der Waals surface area contributed by atoms with Crippen molar-refractivity contribution in [2.75, 3.05) is 12.3 Å². The van der Waals surface area contributed by atoms with E-state index < -0.39 is 10.0 Å². The zero-order valence-electron chi connectivity index (χ0n) is 10.6. The lowest BCUT2D eigenvalue weighted by atomic mass is 10.2. The van der Waals surface area contributed by atoms with E-state index in [2.05, 4.69) is 11.9 Å². The highest BCUT2D eigenvalue weighted by atomic mass is 32.2. The van der Waals surface area contributed by atoms with Gasteiger partial charge in [0, 0.05) is 42.0 Å². The van der Waals surface area contributed by atoms with Crippen LogP contribution in [-0.4, -0.2) is 41.3 Å². The van der Waals surface area contributed by atoms with E-state index in [1.807, 2.05) is 18.7 Å². The third-order valence-electron chi connectivity index (χ3n) is 3.37. The van der Waals surface area contributed by atoms with Gasteiger partial charge >= 0.3 is 0 Å². The molecule has 2 heterocycles. The molecule has 1 saturated heterocycles. The van der Waals surface area contributed by atoms with Crippen LogP contribution in [0.1, 0.15) is 19.5 Å². The van der Waals surface area contributed by atoms with E-state index in [9.17, 15) is 8.42 Å². The number of rotatable bonds is 3. The molecule has 102 valence electrons. The van der Waals surface area contributed by atoms with Gasteiger partial charge in [-0.1, -0.05) is 6.92 Å². The van der Waals surface area contributed by atoms with Crippen LogP contribution in [0.4, 0.5) is 0 Å². The van der Waals surface area contributed by atoms with Gasteiger partial charge in [-0.15, -0.1) is 0 Å². The summed E-state index contributed by atoms with van der Waals surface area (Å²) in [6.45, 7) is 4.92. The van der Waals surface area contributed by atoms with Crippen molar-refractivity contribution in [3.63, 3.8) is 0 Å². The van der Waals surface area contributed by atoms with E-state index >= 15 is 0 Å². The van der Waals surface area contributed by atoms with Gasteiger partial charge in [0.15, 0.2) is 0 Å². The van der Waals surface area contributed by atoms with Crippen LogP contribution in [0.3, 0.4) is 0 Å². The van der Waals surface area contributed by atoms with Crippen molar-refractivity contribution in [3.8, 4) is 0 Å². The molecule has 0 aliphatic carbocycles. The number of hydrogen-bond donors (Lipinski definition) is 2. The lowest BCUT2D eigenvalue weighted by Crippen LogP contribution is -2.47. The lowest BCUT2D eigenvalue weighted by Gasteiger charge is -2.36. The Kier molecular flexibility index (Phi) is 4.05. The number of H-pyrrole nitrogens is 1. The number of aromatic nitrogens is 1. The largest absolute Gasteiger partial charge is 0.363 e. The van der Waals surface area contributed by atoms with E-state index in [0.29, 0.717) is 23.2 Å². The SMILES string of the molecule is CC1SCCN(S(=O)(=O)c2c[nH]c(CN)c2)C1C. The maximum absolute atomic E-state index is 12.5. The number of aromatic amines is 1. The quantitative estimate of drug-likeness (QED) is 0.869. The second kappa shape index (κ2) is 5.24. The van der Waals surface area contributed by atoms with Gasteiger partial charge in [-0.05, 0) is 13.0 Å². The predicted octanol–water partition coefficient (Wildman–Crippen LogP) is 0.988. The molecule has 1 aromatic rings. The molecule has 18 heavy (non-hydrogen) atoms. The lowest BCUT2D eigenvalue weighted by molar-refractivity contribution is 0.340. The van der Waals surface area contributed by atoms with Gasteiger partial charge < -0.3 is 10.7 Å². The number of hydrogen-bond acceptors (Lipinski definition) is 4. The molecule has 2 rings (SSSR count). The second-order valence-corrected chi connectivity index (χ2v) is 7.87. The van der Waals surface area contributed by atoms with Crippen LogP contribution in [0.25, 0.3) is 0 Å². The topological polar surface area (TPSA) is 79.2 Å². The van der Waals surface area contributed by atoms with Gasteiger partial charge in [-0.25, -0.2) is 8.42 Å². The molecule has 0 bridgehead atoms. The van der Waals surface area contributed by atoms with Crippen molar-refractivity contribution in [1.82, 2.24) is 9.29 Å². The fourth-order valence-corrected chi connectivity index (χ4v) is 5.08. The van der Waals surface area contributed by atoms with Gasteiger partial charge in [0.05, 0.1) is 4.90 Å². The number of nitrogens with one attached hydrogen (secondary N) is 1. The number of nitrogens with two attached hydrogens (primary N) is 1. The monoisotopic (exact) mass is 289 g/mol. The summed E-state index contributed by atoms with van der Waals surface area (Å²) in [5.74, 6) is 0.846. The van der Waals surface area contributed by atoms with Crippen LogP contribution in [-0.2, 0) is 16.6 Å². The Balaban J connectivity index is 2.30. The fourth-order valence-electron chi connectivity index (χ4n) is 2.07. The molecule has 1 aliphatic heterocycles. The number of thioether (sulfide) groups is 1. The van der Waals surface area contributed by atoms with Gasteiger partial charge in [0.2, 0.25) is 10.0 Å². The van der Waals surface area contributed by atoms with Crippen LogP contribution < -0.4 is 5.73 Å². The number of nitrogens with zero attached hydrogens (tertiary/aromatic N) is 1. The van der Waals surface area contributed by atoms with Gasteiger partial charge in [0.25, 0.3) is 0 Å². The van der Waals surface area contributed by atoms with Crippen molar-refractivity contribution in [2.45, 2.75) is 36.6 Å². The number of sulfonamides is 1. The van der Waals surface area contributed by atoms with Crippen LogP contribution in [0.15, 0.2) is 17.2 Å². The molecule has 1 fully saturated rings. The zero-order valence-corrected chi connectivity index (χ0v) is 12.2. The summed E-state index contributed by atoms with van der Waals surface area (Å²) in [5, 5.41) is 0.321. The van der Waals surface area contributed by atoms with E-state index in [1.165, 1.54) is 6.20 Å². The first-order chi connectivity index (χ1) is 8.46. The van der Waals surface area contributed by atoms with Gasteiger partial charge in [-0.3, -0.25) is 0 Å². The van der Waals surface area contributed by atoms with Gasteiger partial charge in [0.1, 0.15) is 0 Å². The Hall–Kier alpha value is -0.500. The third kappa shape index (κ3) is 2.45. The molecular formula is C11H19N3O2S2. The van der Waals surface area contributed by atoms with E-state index in [1.54, 1.807) is 10.4 Å². The molecule has 1 aromatic heterocycles. The fraction of sp³-hybridized carbons (Fsp3) is 0.636. The minimum atomic E-state index is -3.40. The Morgan fingerprint density at radius 3 is 2.89 bits per heavy atom.